The third kappa shape index (κ3) is 3.78. The maximum atomic E-state index is 11.0. The maximum absolute atomic E-state index is 11.0. The minimum absolute atomic E-state index is 0.202. The van der Waals surface area contributed by atoms with Gasteiger partial charge in [-0.05, 0) is 30.7 Å². The third-order valence-corrected chi connectivity index (χ3v) is 3.95. The highest BCUT2D eigenvalue weighted by Gasteiger charge is 2.09. The van der Waals surface area contributed by atoms with E-state index in [9.17, 15) is 4.79 Å². The summed E-state index contributed by atoms with van der Waals surface area (Å²) in [4.78, 5) is 12.3. The highest BCUT2D eigenvalue weighted by Crippen LogP contribution is 2.22. The van der Waals surface area contributed by atoms with E-state index in [-0.39, 0.29) is 5.56 Å². The highest BCUT2D eigenvalue weighted by atomic mass is 32.2. The van der Waals surface area contributed by atoms with Crippen molar-refractivity contribution in [2.75, 3.05) is 12.4 Å². The molecule has 0 aliphatic heterocycles. The number of carboxylic acid groups (broad SMARTS) is 1. The number of aryl methyl sites for hydroxylation is 1. The lowest BCUT2D eigenvalue weighted by Gasteiger charge is -2.09. The molecule has 2 aromatic carbocycles. The molecule has 0 bridgehead atoms. The van der Waals surface area contributed by atoms with Gasteiger partial charge in [-0.1, -0.05) is 30.3 Å². The van der Waals surface area contributed by atoms with Crippen LogP contribution in [0.4, 0.5) is 0 Å². The number of aromatic carboxylic acids is 1. The smallest absolute Gasteiger partial charge is 0.339 e. The van der Waals surface area contributed by atoms with E-state index >= 15 is 0 Å². The Morgan fingerprint density at radius 3 is 2.60 bits per heavy atom. The molecular formula is C16H16O3S. The summed E-state index contributed by atoms with van der Waals surface area (Å²) in [6, 6.07) is 14.9. The number of hydrogen-bond donors (Lipinski definition) is 1. The first-order valence-electron chi connectivity index (χ1n) is 6.32. The molecule has 104 valence electrons. The molecule has 0 aliphatic rings. The summed E-state index contributed by atoms with van der Waals surface area (Å²) in [5.74, 6) is 0.233. The number of benzene rings is 2. The van der Waals surface area contributed by atoms with E-state index < -0.39 is 5.97 Å². The highest BCUT2D eigenvalue weighted by molar-refractivity contribution is 7.99. The third-order valence-electron chi connectivity index (χ3n) is 2.81. The molecule has 0 saturated carbocycles. The van der Waals surface area contributed by atoms with Crippen LogP contribution in [0.3, 0.4) is 0 Å². The molecule has 3 nitrogen and oxygen atoms in total. The van der Waals surface area contributed by atoms with Crippen molar-refractivity contribution in [1.29, 1.82) is 0 Å². The van der Waals surface area contributed by atoms with Gasteiger partial charge >= 0.3 is 5.97 Å². The molecule has 2 rings (SSSR count). The van der Waals surface area contributed by atoms with Gasteiger partial charge in [0.05, 0.1) is 6.61 Å². The summed E-state index contributed by atoms with van der Waals surface area (Å²) in [7, 11) is 0. The maximum Gasteiger partial charge on any atom is 0.339 e. The van der Waals surface area contributed by atoms with Crippen LogP contribution < -0.4 is 4.74 Å². The summed E-state index contributed by atoms with van der Waals surface area (Å²) in [5, 5.41) is 9.05. The van der Waals surface area contributed by atoms with Gasteiger partial charge in [-0.15, -0.1) is 11.8 Å². The van der Waals surface area contributed by atoms with Crippen molar-refractivity contribution in [3.8, 4) is 5.75 Å². The van der Waals surface area contributed by atoms with Crippen LogP contribution in [0.5, 0.6) is 5.75 Å². The summed E-state index contributed by atoms with van der Waals surface area (Å²) in [6.07, 6.45) is 0. The van der Waals surface area contributed by atoms with Crippen molar-refractivity contribution in [2.24, 2.45) is 0 Å². The van der Waals surface area contributed by atoms with Crippen LogP contribution in [-0.4, -0.2) is 23.4 Å². The molecule has 0 atom stereocenters. The molecule has 0 unspecified atom stereocenters. The predicted molar refractivity (Wildman–Crippen MR) is 80.8 cm³/mol. The Balaban J connectivity index is 1.88. The molecule has 0 aliphatic carbocycles. The van der Waals surface area contributed by atoms with Crippen molar-refractivity contribution in [2.45, 2.75) is 11.8 Å². The Morgan fingerprint density at radius 1 is 1.15 bits per heavy atom. The molecule has 0 aromatic heterocycles. The lowest BCUT2D eigenvalue weighted by atomic mass is 10.2. The lowest BCUT2D eigenvalue weighted by molar-refractivity contribution is 0.0692. The Kier molecular flexibility index (Phi) is 5.07. The number of ether oxygens (including phenoxy) is 1. The van der Waals surface area contributed by atoms with E-state index in [1.807, 2.05) is 12.1 Å². The zero-order valence-electron chi connectivity index (χ0n) is 11.2. The van der Waals surface area contributed by atoms with E-state index in [1.165, 1.54) is 10.5 Å². The standard InChI is InChI=1S/C16H16O3S/c1-12-6-2-5-9-15(12)20-11-10-19-14-8-4-3-7-13(14)16(17)18/h2-9H,10-11H2,1H3,(H,17,18). The van der Waals surface area contributed by atoms with E-state index in [2.05, 4.69) is 19.1 Å². The second kappa shape index (κ2) is 7.01. The van der Waals surface area contributed by atoms with Gasteiger partial charge in [-0.25, -0.2) is 4.79 Å². The van der Waals surface area contributed by atoms with Crippen LogP contribution in [0.1, 0.15) is 15.9 Å². The normalized spacial score (nSPS) is 10.2. The van der Waals surface area contributed by atoms with Crippen LogP contribution >= 0.6 is 11.8 Å². The van der Waals surface area contributed by atoms with Gasteiger partial charge in [-0.2, -0.15) is 0 Å². The van der Waals surface area contributed by atoms with Crippen molar-refractivity contribution in [3.05, 3.63) is 59.7 Å². The lowest BCUT2D eigenvalue weighted by Crippen LogP contribution is -2.05. The second-order valence-electron chi connectivity index (χ2n) is 4.26. The van der Waals surface area contributed by atoms with E-state index in [1.54, 1.807) is 36.0 Å². The molecule has 0 amide bonds. The summed E-state index contributed by atoms with van der Waals surface area (Å²) < 4.78 is 5.56. The summed E-state index contributed by atoms with van der Waals surface area (Å²) in [5.41, 5.74) is 1.44. The first kappa shape index (κ1) is 14.5. The average molecular weight is 288 g/mol. The summed E-state index contributed by atoms with van der Waals surface area (Å²) in [6.45, 7) is 2.55. The van der Waals surface area contributed by atoms with Gasteiger partial charge in [-0.3, -0.25) is 0 Å². The van der Waals surface area contributed by atoms with Gasteiger partial charge in [0.2, 0.25) is 0 Å². The second-order valence-corrected chi connectivity index (χ2v) is 5.40. The fourth-order valence-corrected chi connectivity index (χ4v) is 2.65. The topological polar surface area (TPSA) is 46.5 Å². The van der Waals surface area contributed by atoms with Crippen LogP contribution in [0.2, 0.25) is 0 Å². The molecule has 0 radical (unpaired) electrons. The monoisotopic (exact) mass is 288 g/mol. The minimum Gasteiger partial charge on any atom is -0.492 e. The molecule has 0 fully saturated rings. The molecule has 20 heavy (non-hydrogen) atoms. The van der Waals surface area contributed by atoms with Crippen LogP contribution in [0.15, 0.2) is 53.4 Å². The van der Waals surface area contributed by atoms with Crippen molar-refractivity contribution in [1.82, 2.24) is 0 Å². The molecule has 1 N–H and O–H groups in total. The Labute approximate surface area is 122 Å². The summed E-state index contributed by atoms with van der Waals surface area (Å²) >= 11 is 1.71. The van der Waals surface area contributed by atoms with Crippen LogP contribution in [0, 0.1) is 6.92 Å². The zero-order valence-corrected chi connectivity index (χ0v) is 12.0. The molecule has 0 spiro atoms. The fraction of sp³-hybridized carbons (Fsp3) is 0.188. The zero-order chi connectivity index (χ0) is 14.4. The number of hydrogen-bond acceptors (Lipinski definition) is 3. The number of rotatable bonds is 6. The van der Waals surface area contributed by atoms with Gasteiger partial charge in [0.25, 0.3) is 0 Å². The molecule has 2 aromatic rings. The van der Waals surface area contributed by atoms with Gasteiger partial charge in [0.1, 0.15) is 11.3 Å². The Bertz CT molecular complexity index is 596. The molecule has 0 heterocycles. The van der Waals surface area contributed by atoms with Crippen LogP contribution in [0.25, 0.3) is 0 Å². The van der Waals surface area contributed by atoms with E-state index in [4.69, 9.17) is 9.84 Å². The molecule has 4 heteroatoms. The van der Waals surface area contributed by atoms with E-state index in [0.29, 0.717) is 12.4 Å². The van der Waals surface area contributed by atoms with Crippen LogP contribution in [-0.2, 0) is 0 Å². The quantitative estimate of drug-likeness (QED) is 0.647. The first-order chi connectivity index (χ1) is 9.68. The number of para-hydroxylation sites is 1. The van der Waals surface area contributed by atoms with E-state index in [0.717, 1.165) is 5.75 Å². The predicted octanol–water partition coefficient (Wildman–Crippen LogP) is 3.86. The van der Waals surface area contributed by atoms with Gasteiger partial charge in [0.15, 0.2) is 0 Å². The molecule has 0 saturated heterocycles. The van der Waals surface area contributed by atoms with Gasteiger partial charge in [0, 0.05) is 10.6 Å². The fourth-order valence-electron chi connectivity index (χ4n) is 1.79. The van der Waals surface area contributed by atoms with Crippen molar-refractivity contribution >= 4 is 17.7 Å². The Hall–Kier alpha value is -1.94. The number of carbonyl (C=O) groups is 1. The minimum atomic E-state index is -0.966. The Morgan fingerprint density at radius 2 is 1.85 bits per heavy atom. The average Bonchev–Trinajstić information content (AvgIpc) is 2.45. The van der Waals surface area contributed by atoms with Crippen molar-refractivity contribution < 1.29 is 14.6 Å². The first-order valence-corrected chi connectivity index (χ1v) is 7.30. The molecular weight excluding hydrogens is 272 g/mol. The number of carboxylic acids is 1. The van der Waals surface area contributed by atoms with Gasteiger partial charge < -0.3 is 9.84 Å². The largest absolute Gasteiger partial charge is 0.492 e. The SMILES string of the molecule is Cc1ccccc1SCCOc1ccccc1C(=O)O. The number of thioether (sulfide) groups is 1. The van der Waals surface area contributed by atoms with Crippen molar-refractivity contribution in [3.63, 3.8) is 0 Å².